The van der Waals surface area contributed by atoms with E-state index in [1.165, 1.54) is 22.3 Å². The highest BCUT2D eigenvalue weighted by Crippen LogP contribution is 2.47. The van der Waals surface area contributed by atoms with Crippen LogP contribution >= 0.6 is 0 Å². The van der Waals surface area contributed by atoms with Gasteiger partial charge in [-0.05, 0) is 93.5 Å². The Balaban J connectivity index is 1.13. The van der Waals surface area contributed by atoms with Crippen LogP contribution in [-0.2, 0) is 0 Å². The molecule has 2 heterocycles. The first-order valence-corrected chi connectivity index (χ1v) is 19.3. The first-order valence-electron chi connectivity index (χ1n) is 19.3. The van der Waals surface area contributed by atoms with Crippen LogP contribution in [0.4, 0.5) is 17.1 Å². The maximum Gasteiger partial charge on any atom is 0.137 e. The number of furan rings is 2. The zero-order chi connectivity index (χ0) is 37.7. The van der Waals surface area contributed by atoms with Crippen molar-refractivity contribution < 1.29 is 8.83 Å². The number of fused-ring (bicyclic) bond motifs is 6. The SMILES string of the molecule is c1ccc(-c2ccc(N(c3cccc(-c4ccc5oc6ccccc6c5c4-c4ccccc4-c4ccccc4)c3)c3ccc4c(c3)oc3ccccc34)cc2)cc1. The second-order valence-corrected chi connectivity index (χ2v) is 14.4. The molecule has 0 amide bonds. The summed E-state index contributed by atoms with van der Waals surface area (Å²) in [6, 6.07) is 75.1. The van der Waals surface area contributed by atoms with Gasteiger partial charge in [0.2, 0.25) is 0 Å². The smallest absolute Gasteiger partial charge is 0.137 e. The predicted molar refractivity (Wildman–Crippen MR) is 237 cm³/mol. The maximum absolute atomic E-state index is 6.51. The van der Waals surface area contributed by atoms with Crippen molar-refractivity contribution >= 4 is 60.9 Å². The second kappa shape index (κ2) is 13.6. The maximum atomic E-state index is 6.51. The van der Waals surface area contributed by atoms with Gasteiger partial charge in [0.1, 0.15) is 22.3 Å². The lowest BCUT2D eigenvalue weighted by atomic mass is 9.86. The highest BCUT2D eigenvalue weighted by atomic mass is 16.3. The van der Waals surface area contributed by atoms with E-state index in [1.807, 2.05) is 18.2 Å². The summed E-state index contributed by atoms with van der Waals surface area (Å²) in [5, 5.41) is 4.43. The van der Waals surface area contributed by atoms with Crippen LogP contribution in [0.5, 0.6) is 0 Å². The molecule has 0 atom stereocenters. The van der Waals surface area contributed by atoms with Crippen molar-refractivity contribution in [1.29, 1.82) is 0 Å². The average molecular weight is 730 g/mol. The van der Waals surface area contributed by atoms with E-state index in [2.05, 4.69) is 199 Å². The highest BCUT2D eigenvalue weighted by molar-refractivity contribution is 6.17. The van der Waals surface area contributed by atoms with Crippen molar-refractivity contribution in [3.05, 3.63) is 212 Å². The molecule has 0 aliphatic carbocycles. The average Bonchev–Trinajstić information content (AvgIpc) is 3.85. The molecule has 0 fully saturated rings. The van der Waals surface area contributed by atoms with Crippen LogP contribution < -0.4 is 4.90 Å². The van der Waals surface area contributed by atoms with Gasteiger partial charge >= 0.3 is 0 Å². The van der Waals surface area contributed by atoms with E-state index in [4.69, 9.17) is 8.83 Å². The number of para-hydroxylation sites is 2. The summed E-state index contributed by atoms with van der Waals surface area (Å²) < 4.78 is 12.9. The summed E-state index contributed by atoms with van der Waals surface area (Å²) in [5.41, 5.74) is 15.8. The third-order valence-electron chi connectivity index (χ3n) is 11.1. The Morgan fingerprint density at radius 2 is 0.842 bits per heavy atom. The van der Waals surface area contributed by atoms with Gasteiger partial charge in [0.15, 0.2) is 0 Å². The fraction of sp³-hybridized carbons (Fsp3) is 0. The van der Waals surface area contributed by atoms with E-state index in [0.29, 0.717) is 0 Å². The van der Waals surface area contributed by atoms with Crippen LogP contribution in [0.15, 0.2) is 221 Å². The minimum absolute atomic E-state index is 0.854. The van der Waals surface area contributed by atoms with Crippen LogP contribution in [0.2, 0.25) is 0 Å². The molecule has 268 valence electrons. The third kappa shape index (κ3) is 5.68. The molecular formula is C54H35NO2. The second-order valence-electron chi connectivity index (χ2n) is 14.4. The number of benzene rings is 9. The Bertz CT molecular complexity index is 3230. The lowest BCUT2D eigenvalue weighted by Crippen LogP contribution is -2.10. The minimum Gasteiger partial charge on any atom is -0.456 e. The van der Waals surface area contributed by atoms with Crippen molar-refractivity contribution in [3.8, 4) is 44.5 Å². The fourth-order valence-corrected chi connectivity index (χ4v) is 8.45. The molecule has 0 unspecified atom stereocenters. The Kier molecular flexibility index (Phi) is 7.82. The summed E-state index contributed by atoms with van der Waals surface area (Å²) in [7, 11) is 0. The van der Waals surface area contributed by atoms with Crippen molar-refractivity contribution in [1.82, 2.24) is 0 Å². The molecule has 0 bridgehead atoms. The van der Waals surface area contributed by atoms with Gasteiger partial charge in [0.05, 0.1) is 0 Å². The van der Waals surface area contributed by atoms with Gasteiger partial charge < -0.3 is 13.7 Å². The van der Waals surface area contributed by atoms with Crippen molar-refractivity contribution in [3.63, 3.8) is 0 Å². The van der Waals surface area contributed by atoms with Crippen LogP contribution in [-0.4, -0.2) is 0 Å². The fourth-order valence-electron chi connectivity index (χ4n) is 8.45. The lowest BCUT2D eigenvalue weighted by Gasteiger charge is -2.26. The molecule has 0 N–H and O–H groups in total. The molecule has 3 heteroatoms. The summed E-state index contributed by atoms with van der Waals surface area (Å²) in [6.45, 7) is 0. The molecule has 11 aromatic rings. The van der Waals surface area contributed by atoms with Crippen LogP contribution in [0, 0.1) is 0 Å². The predicted octanol–water partition coefficient (Wildman–Crippen LogP) is 15.6. The Morgan fingerprint density at radius 3 is 1.63 bits per heavy atom. The summed E-state index contributed by atoms with van der Waals surface area (Å²) >= 11 is 0. The van der Waals surface area contributed by atoms with E-state index < -0.39 is 0 Å². The quantitative estimate of drug-likeness (QED) is 0.164. The Labute approximate surface area is 330 Å². The zero-order valence-corrected chi connectivity index (χ0v) is 31.0. The summed E-state index contributed by atoms with van der Waals surface area (Å²) in [4.78, 5) is 2.33. The molecule has 0 aliphatic heterocycles. The third-order valence-corrected chi connectivity index (χ3v) is 11.1. The van der Waals surface area contributed by atoms with E-state index >= 15 is 0 Å². The number of rotatable bonds is 7. The Morgan fingerprint density at radius 1 is 0.281 bits per heavy atom. The number of hydrogen-bond acceptors (Lipinski definition) is 3. The summed E-state index contributed by atoms with van der Waals surface area (Å²) in [6.07, 6.45) is 0. The van der Waals surface area contributed by atoms with E-state index in [-0.39, 0.29) is 0 Å². The largest absolute Gasteiger partial charge is 0.456 e. The van der Waals surface area contributed by atoms with Crippen LogP contribution in [0.25, 0.3) is 88.4 Å². The molecule has 11 rings (SSSR count). The first-order chi connectivity index (χ1) is 28.3. The molecule has 0 spiro atoms. The first kappa shape index (κ1) is 32.8. The molecule has 2 aromatic heterocycles. The molecule has 3 nitrogen and oxygen atoms in total. The van der Waals surface area contributed by atoms with Crippen molar-refractivity contribution in [2.45, 2.75) is 0 Å². The molecule has 57 heavy (non-hydrogen) atoms. The monoisotopic (exact) mass is 729 g/mol. The van der Waals surface area contributed by atoms with Gasteiger partial charge in [-0.25, -0.2) is 0 Å². The number of anilines is 3. The van der Waals surface area contributed by atoms with E-state index in [9.17, 15) is 0 Å². The number of nitrogens with zero attached hydrogens (tertiary/aromatic N) is 1. The molecule has 0 saturated carbocycles. The van der Waals surface area contributed by atoms with Gasteiger partial charge in [-0.15, -0.1) is 0 Å². The molecule has 9 aromatic carbocycles. The van der Waals surface area contributed by atoms with Crippen LogP contribution in [0.3, 0.4) is 0 Å². The summed E-state index contributed by atoms with van der Waals surface area (Å²) in [5.74, 6) is 0. The molecule has 0 aliphatic rings. The van der Waals surface area contributed by atoms with Crippen molar-refractivity contribution in [2.24, 2.45) is 0 Å². The minimum atomic E-state index is 0.854. The lowest BCUT2D eigenvalue weighted by molar-refractivity contribution is 0.668. The topological polar surface area (TPSA) is 29.5 Å². The van der Waals surface area contributed by atoms with Crippen LogP contribution in [0.1, 0.15) is 0 Å². The van der Waals surface area contributed by atoms with Gasteiger partial charge in [-0.3, -0.25) is 0 Å². The van der Waals surface area contributed by atoms with Gasteiger partial charge in [0, 0.05) is 50.2 Å². The normalized spacial score (nSPS) is 11.5. The standard InChI is InChI=1S/C54H35NO2/c1-3-14-36(15-4-1)37-26-28-40(29-27-37)55(42-30-31-46-45-21-9-11-24-49(45)57-52(46)35-42)41-19-13-18-39(34-41)44-32-33-51-54(48-23-10-12-25-50(48)56-51)53(44)47-22-8-7-20-43(47)38-16-5-2-6-17-38/h1-35H. The molecule has 0 radical (unpaired) electrons. The number of hydrogen-bond donors (Lipinski definition) is 0. The van der Waals surface area contributed by atoms with Gasteiger partial charge in [0.25, 0.3) is 0 Å². The van der Waals surface area contributed by atoms with E-state index in [1.54, 1.807) is 0 Å². The van der Waals surface area contributed by atoms with E-state index in [0.717, 1.165) is 83.2 Å². The van der Waals surface area contributed by atoms with Gasteiger partial charge in [-0.2, -0.15) is 0 Å². The molecule has 0 saturated heterocycles. The Hall–Kier alpha value is -7.62. The highest BCUT2D eigenvalue weighted by Gasteiger charge is 2.22. The zero-order valence-electron chi connectivity index (χ0n) is 31.0. The molecular weight excluding hydrogens is 695 g/mol. The van der Waals surface area contributed by atoms with Crippen molar-refractivity contribution in [2.75, 3.05) is 4.90 Å². The van der Waals surface area contributed by atoms with Gasteiger partial charge in [-0.1, -0.05) is 152 Å².